The molecule has 2 aromatic carbocycles. The Kier molecular flexibility index (Phi) is 7.29. The maximum Gasteiger partial charge on any atom is 0.176 e. The highest BCUT2D eigenvalue weighted by atomic mass is 16.5. The lowest BCUT2D eigenvalue weighted by molar-refractivity contribution is 0.0991. The van der Waals surface area contributed by atoms with Gasteiger partial charge in [0.15, 0.2) is 17.3 Å². The molecule has 5 nitrogen and oxygen atoms in total. The number of carbonyl (C=O) groups is 1. The smallest absolute Gasteiger partial charge is 0.176 e. The minimum atomic E-state index is 0.0602. The van der Waals surface area contributed by atoms with E-state index >= 15 is 0 Å². The van der Waals surface area contributed by atoms with Gasteiger partial charge in [0.05, 0.1) is 27.9 Å². The standard InChI is InChI=1S/C20H25NO4/c1-23-17-8-4-7-16(13-17)18(22)14-21-11-5-6-15-9-10-19(24-2)20(12-15)25-3/h4,7-10,12-13,21H,5-6,11,14H2,1-3H3. The largest absolute Gasteiger partial charge is 0.497 e. The second-order valence-corrected chi connectivity index (χ2v) is 5.62. The number of nitrogens with one attached hydrogen (secondary N) is 1. The third-order valence-electron chi connectivity index (χ3n) is 3.94. The number of aryl methyl sites for hydroxylation is 1. The molecule has 0 amide bonds. The third kappa shape index (κ3) is 5.50. The molecule has 0 aromatic heterocycles. The molecule has 25 heavy (non-hydrogen) atoms. The molecule has 0 aliphatic carbocycles. The van der Waals surface area contributed by atoms with Crippen LogP contribution in [0.15, 0.2) is 42.5 Å². The summed E-state index contributed by atoms with van der Waals surface area (Å²) < 4.78 is 15.7. The van der Waals surface area contributed by atoms with Crippen LogP contribution in [0.4, 0.5) is 0 Å². The van der Waals surface area contributed by atoms with Crippen molar-refractivity contribution in [1.29, 1.82) is 0 Å². The summed E-state index contributed by atoms with van der Waals surface area (Å²) in [6, 6.07) is 13.1. The van der Waals surface area contributed by atoms with Gasteiger partial charge in [-0.05, 0) is 49.2 Å². The van der Waals surface area contributed by atoms with E-state index in [1.54, 1.807) is 33.5 Å². The number of ether oxygens (including phenoxy) is 3. The second-order valence-electron chi connectivity index (χ2n) is 5.62. The van der Waals surface area contributed by atoms with Gasteiger partial charge in [-0.3, -0.25) is 4.79 Å². The van der Waals surface area contributed by atoms with Crippen molar-refractivity contribution in [2.75, 3.05) is 34.4 Å². The molecular formula is C20H25NO4. The van der Waals surface area contributed by atoms with E-state index in [-0.39, 0.29) is 5.78 Å². The minimum absolute atomic E-state index is 0.0602. The van der Waals surface area contributed by atoms with Crippen molar-refractivity contribution < 1.29 is 19.0 Å². The lowest BCUT2D eigenvalue weighted by Gasteiger charge is -2.10. The van der Waals surface area contributed by atoms with E-state index in [9.17, 15) is 4.79 Å². The second kappa shape index (κ2) is 9.69. The molecule has 0 spiro atoms. The molecule has 0 atom stereocenters. The average molecular weight is 343 g/mol. The van der Waals surface area contributed by atoms with Crippen molar-refractivity contribution in [1.82, 2.24) is 5.32 Å². The zero-order chi connectivity index (χ0) is 18.1. The Labute approximate surface area is 148 Å². The Hall–Kier alpha value is -2.53. The van der Waals surface area contributed by atoms with Crippen molar-refractivity contribution >= 4 is 5.78 Å². The first-order chi connectivity index (χ1) is 12.2. The normalized spacial score (nSPS) is 10.4. The Balaban J connectivity index is 1.75. The van der Waals surface area contributed by atoms with Gasteiger partial charge in [0, 0.05) is 5.56 Å². The molecule has 0 bridgehead atoms. The summed E-state index contributed by atoms with van der Waals surface area (Å²) in [6.45, 7) is 1.09. The van der Waals surface area contributed by atoms with E-state index in [4.69, 9.17) is 14.2 Å². The molecule has 0 aliphatic heterocycles. The topological polar surface area (TPSA) is 56.8 Å². The number of hydrogen-bond donors (Lipinski definition) is 1. The van der Waals surface area contributed by atoms with Crippen LogP contribution in [0.5, 0.6) is 17.2 Å². The van der Waals surface area contributed by atoms with Crippen LogP contribution in [0.25, 0.3) is 0 Å². The maximum atomic E-state index is 12.2. The number of rotatable bonds is 10. The molecule has 0 unspecified atom stereocenters. The zero-order valence-corrected chi connectivity index (χ0v) is 15.0. The molecule has 2 rings (SSSR count). The lowest BCUT2D eigenvalue weighted by Crippen LogP contribution is -2.24. The summed E-state index contributed by atoms with van der Waals surface area (Å²) in [5.41, 5.74) is 1.84. The Bertz CT molecular complexity index is 700. The Morgan fingerprint density at radius 1 is 0.960 bits per heavy atom. The van der Waals surface area contributed by atoms with Gasteiger partial charge in [-0.2, -0.15) is 0 Å². The average Bonchev–Trinajstić information content (AvgIpc) is 2.67. The molecule has 2 aromatic rings. The Morgan fingerprint density at radius 2 is 1.76 bits per heavy atom. The van der Waals surface area contributed by atoms with E-state index in [0.29, 0.717) is 17.9 Å². The van der Waals surface area contributed by atoms with Crippen LogP contribution in [0.3, 0.4) is 0 Å². The molecule has 0 aliphatic rings. The fourth-order valence-electron chi connectivity index (χ4n) is 2.55. The van der Waals surface area contributed by atoms with Gasteiger partial charge >= 0.3 is 0 Å². The summed E-state index contributed by atoms with van der Waals surface area (Å²) in [6.07, 6.45) is 1.83. The predicted octanol–water partition coefficient (Wildman–Crippen LogP) is 3.12. The zero-order valence-electron chi connectivity index (χ0n) is 15.0. The van der Waals surface area contributed by atoms with Crippen molar-refractivity contribution in [3.05, 3.63) is 53.6 Å². The molecule has 0 heterocycles. The van der Waals surface area contributed by atoms with E-state index < -0.39 is 0 Å². The van der Waals surface area contributed by atoms with Crippen LogP contribution in [-0.4, -0.2) is 40.2 Å². The third-order valence-corrected chi connectivity index (χ3v) is 3.94. The molecule has 5 heteroatoms. The van der Waals surface area contributed by atoms with Gasteiger partial charge in [-0.25, -0.2) is 0 Å². The van der Waals surface area contributed by atoms with Crippen LogP contribution in [0.2, 0.25) is 0 Å². The molecular weight excluding hydrogens is 318 g/mol. The van der Waals surface area contributed by atoms with E-state index in [1.807, 2.05) is 30.3 Å². The summed E-state index contributed by atoms with van der Waals surface area (Å²) in [7, 11) is 4.85. The summed E-state index contributed by atoms with van der Waals surface area (Å²) in [5, 5.41) is 3.20. The van der Waals surface area contributed by atoms with E-state index in [2.05, 4.69) is 5.32 Å². The van der Waals surface area contributed by atoms with Gasteiger partial charge in [0.1, 0.15) is 5.75 Å². The minimum Gasteiger partial charge on any atom is -0.497 e. The van der Waals surface area contributed by atoms with Gasteiger partial charge in [0.2, 0.25) is 0 Å². The van der Waals surface area contributed by atoms with Crippen LogP contribution < -0.4 is 19.5 Å². The molecule has 0 radical (unpaired) electrons. The first-order valence-corrected chi connectivity index (χ1v) is 8.26. The summed E-state index contributed by atoms with van der Waals surface area (Å²) >= 11 is 0. The van der Waals surface area contributed by atoms with E-state index in [1.165, 1.54) is 5.56 Å². The van der Waals surface area contributed by atoms with Gasteiger partial charge in [-0.1, -0.05) is 18.2 Å². The Morgan fingerprint density at radius 3 is 2.48 bits per heavy atom. The highest BCUT2D eigenvalue weighted by Crippen LogP contribution is 2.27. The summed E-state index contributed by atoms with van der Waals surface area (Å²) in [5.74, 6) is 2.22. The molecule has 134 valence electrons. The van der Waals surface area contributed by atoms with Crippen molar-refractivity contribution in [2.24, 2.45) is 0 Å². The lowest BCUT2D eigenvalue weighted by atomic mass is 10.1. The number of benzene rings is 2. The number of methoxy groups -OCH3 is 3. The SMILES string of the molecule is COc1cccc(C(=O)CNCCCc2ccc(OC)c(OC)c2)c1. The number of carbonyl (C=O) groups excluding carboxylic acids is 1. The fraction of sp³-hybridized carbons (Fsp3) is 0.350. The van der Waals surface area contributed by atoms with Crippen molar-refractivity contribution in [3.8, 4) is 17.2 Å². The highest BCUT2D eigenvalue weighted by molar-refractivity contribution is 5.97. The molecule has 0 saturated carbocycles. The van der Waals surface area contributed by atoms with E-state index in [0.717, 1.165) is 30.9 Å². The van der Waals surface area contributed by atoms with Gasteiger partial charge in [-0.15, -0.1) is 0 Å². The number of Topliss-reactive ketones (excluding diaryl/α,β-unsaturated/α-hetero) is 1. The first kappa shape index (κ1) is 18.8. The van der Waals surface area contributed by atoms with Crippen LogP contribution in [-0.2, 0) is 6.42 Å². The van der Waals surface area contributed by atoms with Gasteiger partial charge < -0.3 is 19.5 Å². The fourth-order valence-corrected chi connectivity index (χ4v) is 2.55. The molecule has 0 fully saturated rings. The van der Waals surface area contributed by atoms with Crippen molar-refractivity contribution in [3.63, 3.8) is 0 Å². The van der Waals surface area contributed by atoms with Crippen LogP contribution in [0.1, 0.15) is 22.3 Å². The first-order valence-electron chi connectivity index (χ1n) is 8.26. The van der Waals surface area contributed by atoms with Crippen molar-refractivity contribution in [2.45, 2.75) is 12.8 Å². The van der Waals surface area contributed by atoms with Crippen LogP contribution in [0, 0.1) is 0 Å². The molecule has 0 saturated heterocycles. The van der Waals surface area contributed by atoms with Gasteiger partial charge in [0.25, 0.3) is 0 Å². The molecule has 1 N–H and O–H groups in total. The monoisotopic (exact) mass is 343 g/mol. The maximum absolute atomic E-state index is 12.2. The number of hydrogen-bond acceptors (Lipinski definition) is 5. The predicted molar refractivity (Wildman–Crippen MR) is 98.1 cm³/mol. The summed E-state index contributed by atoms with van der Waals surface area (Å²) in [4.78, 5) is 12.2. The van der Waals surface area contributed by atoms with Crippen LogP contribution >= 0.6 is 0 Å². The number of ketones is 1. The highest BCUT2D eigenvalue weighted by Gasteiger charge is 2.07. The quantitative estimate of drug-likeness (QED) is 0.531.